The van der Waals surface area contributed by atoms with Gasteiger partial charge in [-0.2, -0.15) is 5.10 Å². The summed E-state index contributed by atoms with van der Waals surface area (Å²) in [5, 5.41) is 6.98. The van der Waals surface area contributed by atoms with Gasteiger partial charge in [0, 0.05) is 30.9 Å². The SMILES string of the molecule is Cc1c(CNC(=O)C=Cc2ccccc2)cnn1C. The van der Waals surface area contributed by atoms with Crippen molar-refractivity contribution < 1.29 is 4.79 Å². The minimum absolute atomic E-state index is 0.105. The van der Waals surface area contributed by atoms with E-state index in [0.29, 0.717) is 6.54 Å². The Morgan fingerprint density at radius 3 is 2.74 bits per heavy atom. The highest BCUT2D eigenvalue weighted by molar-refractivity contribution is 5.91. The van der Waals surface area contributed by atoms with Gasteiger partial charge in [-0.3, -0.25) is 9.48 Å². The number of benzene rings is 1. The third kappa shape index (κ3) is 3.55. The molecule has 2 aromatic rings. The molecule has 0 aliphatic carbocycles. The molecule has 0 spiro atoms. The van der Waals surface area contributed by atoms with E-state index in [-0.39, 0.29) is 5.91 Å². The van der Waals surface area contributed by atoms with E-state index in [4.69, 9.17) is 0 Å². The van der Waals surface area contributed by atoms with Crippen LogP contribution in [0.2, 0.25) is 0 Å². The summed E-state index contributed by atoms with van der Waals surface area (Å²) in [6.45, 7) is 2.48. The number of rotatable bonds is 4. The molecule has 0 saturated heterocycles. The molecule has 1 N–H and O–H groups in total. The summed E-state index contributed by atoms with van der Waals surface area (Å²) >= 11 is 0. The minimum Gasteiger partial charge on any atom is -0.348 e. The number of nitrogens with one attached hydrogen (secondary N) is 1. The van der Waals surface area contributed by atoms with Crippen LogP contribution in [0.3, 0.4) is 0 Å². The van der Waals surface area contributed by atoms with Crippen molar-refractivity contribution in [3.8, 4) is 0 Å². The van der Waals surface area contributed by atoms with Crippen molar-refractivity contribution in [1.82, 2.24) is 15.1 Å². The molecule has 0 radical (unpaired) electrons. The van der Waals surface area contributed by atoms with Crippen molar-refractivity contribution >= 4 is 12.0 Å². The Kier molecular flexibility index (Phi) is 4.13. The summed E-state index contributed by atoms with van der Waals surface area (Å²) in [4.78, 5) is 11.7. The number of hydrogen-bond donors (Lipinski definition) is 1. The van der Waals surface area contributed by atoms with Gasteiger partial charge in [-0.25, -0.2) is 0 Å². The molecule has 1 heterocycles. The van der Waals surface area contributed by atoms with Crippen molar-refractivity contribution in [2.45, 2.75) is 13.5 Å². The highest BCUT2D eigenvalue weighted by atomic mass is 16.1. The molecule has 98 valence electrons. The van der Waals surface area contributed by atoms with Gasteiger partial charge in [0.1, 0.15) is 0 Å². The molecule has 0 atom stereocenters. The van der Waals surface area contributed by atoms with Crippen LogP contribution >= 0.6 is 0 Å². The highest BCUT2D eigenvalue weighted by Crippen LogP contribution is 2.05. The first-order chi connectivity index (χ1) is 9.16. The zero-order valence-corrected chi connectivity index (χ0v) is 11.1. The third-order valence-electron chi connectivity index (χ3n) is 3.02. The van der Waals surface area contributed by atoms with E-state index in [1.807, 2.05) is 44.3 Å². The lowest BCUT2D eigenvalue weighted by Gasteiger charge is -2.01. The summed E-state index contributed by atoms with van der Waals surface area (Å²) in [5.41, 5.74) is 3.10. The standard InChI is InChI=1S/C15H17N3O/c1-12-14(11-17-18(12)2)10-16-15(19)9-8-13-6-4-3-5-7-13/h3-9,11H,10H2,1-2H3,(H,16,19). The van der Waals surface area contributed by atoms with Crippen LogP contribution in [0.1, 0.15) is 16.8 Å². The smallest absolute Gasteiger partial charge is 0.244 e. The predicted molar refractivity (Wildman–Crippen MR) is 75.3 cm³/mol. The third-order valence-corrected chi connectivity index (χ3v) is 3.02. The van der Waals surface area contributed by atoms with Crippen LogP contribution in [0.25, 0.3) is 6.08 Å². The van der Waals surface area contributed by atoms with Gasteiger partial charge in [0.05, 0.1) is 6.20 Å². The largest absolute Gasteiger partial charge is 0.348 e. The van der Waals surface area contributed by atoms with Crippen LogP contribution in [-0.4, -0.2) is 15.7 Å². The summed E-state index contributed by atoms with van der Waals surface area (Å²) < 4.78 is 1.79. The second-order valence-electron chi connectivity index (χ2n) is 4.34. The average Bonchev–Trinajstić information content (AvgIpc) is 2.75. The van der Waals surface area contributed by atoms with E-state index >= 15 is 0 Å². The van der Waals surface area contributed by atoms with Crippen molar-refractivity contribution in [1.29, 1.82) is 0 Å². The Balaban J connectivity index is 1.89. The fourth-order valence-corrected chi connectivity index (χ4v) is 1.70. The van der Waals surface area contributed by atoms with Crippen molar-refractivity contribution in [2.75, 3.05) is 0 Å². The zero-order chi connectivity index (χ0) is 13.7. The summed E-state index contributed by atoms with van der Waals surface area (Å²) in [7, 11) is 1.88. The number of aromatic nitrogens is 2. The Morgan fingerprint density at radius 1 is 1.37 bits per heavy atom. The molecule has 1 aromatic heterocycles. The van der Waals surface area contributed by atoms with E-state index < -0.39 is 0 Å². The van der Waals surface area contributed by atoms with E-state index in [1.54, 1.807) is 23.0 Å². The van der Waals surface area contributed by atoms with Gasteiger partial charge in [-0.1, -0.05) is 30.3 Å². The summed E-state index contributed by atoms with van der Waals surface area (Å²) in [5.74, 6) is -0.105. The number of aryl methyl sites for hydroxylation is 1. The lowest BCUT2D eigenvalue weighted by molar-refractivity contribution is -0.116. The maximum Gasteiger partial charge on any atom is 0.244 e. The highest BCUT2D eigenvalue weighted by Gasteiger charge is 2.04. The van der Waals surface area contributed by atoms with Gasteiger partial charge in [0.25, 0.3) is 0 Å². The van der Waals surface area contributed by atoms with Crippen LogP contribution in [0.5, 0.6) is 0 Å². The Morgan fingerprint density at radius 2 is 2.11 bits per heavy atom. The molecule has 4 heteroatoms. The van der Waals surface area contributed by atoms with E-state index in [0.717, 1.165) is 16.8 Å². The quantitative estimate of drug-likeness (QED) is 0.850. The molecule has 4 nitrogen and oxygen atoms in total. The van der Waals surface area contributed by atoms with Gasteiger partial charge in [0.2, 0.25) is 5.91 Å². The maximum absolute atomic E-state index is 11.7. The number of carbonyl (C=O) groups is 1. The van der Waals surface area contributed by atoms with Gasteiger partial charge < -0.3 is 5.32 Å². The Labute approximate surface area is 112 Å². The van der Waals surface area contributed by atoms with Crippen LogP contribution < -0.4 is 5.32 Å². The number of amides is 1. The number of nitrogens with zero attached hydrogens (tertiary/aromatic N) is 2. The molecular weight excluding hydrogens is 238 g/mol. The molecular formula is C15H17N3O. The molecule has 1 aromatic carbocycles. The number of carbonyl (C=O) groups excluding carboxylic acids is 1. The predicted octanol–water partition coefficient (Wildman–Crippen LogP) is 2.06. The van der Waals surface area contributed by atoms with E-state index in [9.17, 15) is 4.79 Å². The van der Waals surface area contributed by atoms with Gasteiger partial charge in [-0.15, -0.1) is 0 Å². The molecule has 2 rings (SSSR count). The molecule has 0 fully saturated rings. The molecule has 0 aliphatic rings. The topological polar surface area (TPSA) is 46.9 Å². The van der Waals surface area contributed by atoms with Gasteiger partial charge in [-0.05, 0) is 18.6 Å². The molecule has 19 heavy (non-hydrogen) atoms. The Bertz CT molecular complexity index is 585. The normalized spacial score (nSPS) is 10.8. The fraction of sp³-hybridized carbons (Fsp3) is 0.200. The summed E-state index contributed by atoms with van der Waals surface area (Å²) in [6, 6.07) is 9.74. The van der Waals surface area contributed by atoms with Crippen molar-refractivity contribution in [2.24, 2.45) is 7.05 Å². The average molecular weight is 255 g/mol. The van der Waals surface area contributed by atoms with Crippen LogP contribution in [0.4, 0.5) is 0 Å². The van der Waals surface area contributed by atoms with E-state index in [2.05, 4.69) is 10.4 Å². The molecule has 1 amide bonds. The second kappa shape index (κ2) is 6.00. The fourth-order valence-electron chi connectivity index (χ4n) is 1.70. The first-order valence-corrected chi connectivity index (χ1v) is 6.15. The molecule has 0 bridgehead atoms. The van der Waals surface area contributed by atoms with Crippen molar-refractivity contribution in [3.63, 3.8) is 0 Å². The van der Waals surface area contributed by atoms with Crippen LogP contribution in [0.15, 0.2) is 42.6 Å². The monoisotopic (exact) mass is 255 g/mol. The Hall–Kier alpha value is -2.36. The molecule has 0 saturated carbocycles. The first-order valence-electron chi connectivity index (χ1n) is 6.15. The molecule has 0 aliphatic heterocycles. The molecule has 0 unspecified atom stereocenters. The van der Waals surface area contributed by atoms with Crippen LogP contribution in [-0.2, 0) is 18.4 Å². The minimum atomic E-state index is -0.105. The lowest BCUT2D eigenvalue weighted by Crippen LogP contribution is -2.20. The van der Waals surface area contributed by atoms with Gasteiger partial charge in [0.15, 0.2) is 0 Å². The zero-order valence-electron chi connectivity index (χ0n) is 11.1. The van der Waals surface area contributed by atoms with E-state index in [1.165, 1.54) is 0 Å². The van der Waals surface area contributed by atoms with Crippen molar-refractivity contribution in [3.05, 3.63) is 59.4 Å². The maximum atomic E-state index is 11.7. The summed E-state index contributed by atoms with van der Waals surface area (Å²) in [6.07, 6.45) is 5.11. The van der Waals surface area contributed by atoms with Gasteiger partial charge >= 0.3 is 0 Å². The lowest BCUT2D eigenvalue weighted by atomic mass is 10.2. The number of hydrogen-bond acceptors (Lipinski definition) is 2. The van der Waals surface area contributed by atoms with Crippen LogP contribution in [0, 0.1) is 6.92 Å². The first kappa shape index (κ1) is 13.1. The second-order valence-corrected chi connectivity index (χ2v) is 4.34.